The lowest BCUT2D eigenvalue weighted by molar-refractivity contribution is 0.0592. The average Bonchev–Trinajstić information content (AvgIpc) is 2.89. The van der Waals surface area contributed by atoms with E-state index in [0.717, 1.165) is 13.0 Å². The maximum atomic E-state index is 11.1. The Morgan fingerprint density at radius 3 is 3.00 bits per heavy atom. The highest BCUT2D eigenvalue weighted by Gasteiger charge is 2.15. The Morgan fingerprint density at radius 2 is 2.41 bits per heavy atom. The number of ether oxygens (including phenoxy) is 2. The molecule has 1 fully saturated rings. The first-order chi connectivity index (χ1) is 8.29. The molecule has 0 saturated carbocycles. The van der Waals surface area contributed by atoms with Crippen molar-refractivity contribution in [3.05, 3.63) is 17.8 Å². The van der Waals surface area contributed by atoms with Gasteiger partial charge in [0.25, 0.3) is 0 Å². The van der Waals surface area contributed by atoms with Crippen LogP contribution in [0, 0.1) is 0 Å². The summed E-state index contributed by atoms with van der Waals surface area (Å²) in [5.74, 6) is -0.0761. The molecule has 1 N–H and O–H groups in total. The minimum absolute atomic E-state index is 0.179. The van der Waals surface area contributed by atoms with Crippen molar-refractivity contribution in [2.45, 2.75) is 18.9 Å². The predicted molar refractivity (Wildman–Crippen MR) is 59.9 cm³/mol. The molecule has 6 heteroatoms. The molecule has 1 atom stereocenters. The summed E-state index contributed by atoms with van der Waals surface area (Å²) in [6.45, 7) is 1.62. The maximum Gasteiger partial charge on any atom is 0.358 e. The average molecular weight is 237 g/mol. The standard InChI is InChI=1S/C11H15N3O3/c1-16-11(15)9-4-5-10(14-13-9)17-7-8-3-2-6-12-8/h4-5,8,12H,2-3,6-7H2,1H3. The molecule has 1 saturated heterocycles. The first-order valence-electron chi connectivity index (χ1n) is 5.58. The molecule has 0 aliphatic carbocycles. The van der Waals surface area contributed by atoms with Gasteiger partial charge < -0.3 is 14.8 Å². The smallest absolute Gasteiger partial charge is 0.358 e. The van der Waals surface area contributed by atoms with Crippen LogP contribution in [0.25, 0.3) is 0 Å². The SMILES string of the molecule is COC(=O)c1ccc(OCC2CCCN2)nn1. The number of hydrogen-bond acceptors (Lipinski definition) is 6. The number of rotatable bonds is 4. The van der Waals surface area contributed by atoms with E-state index in [-0.39, 0.29) is 5.69 Å². The lowest BCUT2D eigenvalue weighted by atomic mass is 10.2. The van der Waals surface area contributed by atoms with Crippen molar-refractivity contribution in [2.24, 2.45) is 0 Å². The van der Waals surface area contributed by atoms with E-state index in [1.807, 2.05) is 0 Å². The van der Waals surface area contributed by atoms with E-state index >= 15 is 0 Å². The van der Waals surface area contributed by atoms with Crippen molar-refractivity contribution in [1.29, 1.82) is 0 Å². The first kappa shape index (κ1) is 11.8. The third kappa shape index (κ3) is 3.13. The van der Waals surface area contributed by atoms with Crippen molar-refractivity contribution in [2.75, 3.05) is 20.3 Å². The van der Waals surface area contributed by atoms with Gasteiger partial charge in [-0.05, 0) is 25.5 Å². The summed E-state index contributed by atoms with van der Waals surface area (Å²) < 4.78 is 10.00. The van der Waals surface area contributed by atoms with Crippen LogP contribution < -0.4 is 10.1 Å². The molecular formula is C11H15N3O3. The predicted octanol–water partition coefficient (Wildman–Crippen LogP) is 0.394. The summed E-state index contributed by atoms with van der Waals surface area (Å²) in [6.07, 6.45) is 2.30. The Morgan fingerprint density at radius 1 is 1.53 bits per heavy atom. The number of esters is 1. The van der Waals surface area contributed by atoms with E-state index in [0.29, 0.717) is 18.5 Å². The highest BCUT2D eigenvalue weighted by Crippen LogP contribution is 2.09. The molecule has 0 amide bonds. The number of carbonyl (C=O) groups excluding carboxylic acids is 1. The minimum atomic E-state index is -0.499. The highest BCUT2D eigenvalue weighted by molar-refractivity contribution is 5.86. The molecule has 6 nitrogen and oxygen atoms in total. The molecule has 0 bridgehead atoms. The van der Waals surface area contributed by atoms with Crippen molar-refractivity contribution in [3.8, 4) is 5.88 Å². The van der Waals surface area contributed by atoms with Crippen LogP contribution in [0.15, 0.2) is 12.1 Å². The number of nitrogens with zero attached hydrogens (tertiary/aromatic N) is 2. The van der Waals surface area contributed by atoms with Crippen molar-refractivity contribution in [3.63, 3.8) is 0 Å². The number of carbonyl (C=O) groups is 1. The van der Waals surface area contributed by atoms with Crippen LogP contribution in [0.5, 0.6) is 5.88 Å². The largest absolute Gasteiger partial charge is 0.475 e. The zero-order chi connectivity index (χ0) is 12.1. The van der Waals surface area contributed by atoms with Crippen LogP contribution in [0.3, 0.4) is 0 Å². The Labute approximate surface area is 99.3 Å². The summed E-state index contributed by atoms with van der Waals surface area (Å²) in [7, 11) is 1.31. The zero-order valence-corrected chi connectivity index (χ0v) is 9.68. The number of nitrogens with one attached hydrogen (secondary N) is 1. The fourth-order valence-corrected chi connectivity index (χ4v) is 1.70. The van der Waals surface area contributed by atoms with E-state index in [9.17, 15) is 4.79 Å². The first-order valence-corrected chi connectivity index (χ1v) is 5.58. The van der Waals surface area contributed by atoms with Gasteiger partial charge in [0.15, 0.2) is 5.69 Å². The van der Waals surface area contributed by atoms with Crippen LogP contribution >= 0.6 is 0 Å². The van der Waals surface area contributed by atoms with Crippen molar-refractivity contribution >= 4 is 5.97 Å². The monoisotopic (exact) mass is 237 g/mol. The maximum absolute atomic E-state index is 11.1. The topological polar surface area (TPSA) is 73.3 Å². The summed E-state index contributed by atoms with van der Waals surface area (Å²) in [4.78, 5) is 11.1. The molecule has 2 heterocycles. The lowest BCUT2D eigenvalue weighted by Crippen LogP contribution is -2.28. The summed E-state index contributed by atoms with van der Waals surface area (Å²) in [5.41, 5.74) is 0.179. The van der Waals surface area contributed by atoms with Crippen LogP contribution in [-0.4, -0.2) is 42.5 Å². The van der Waals surface area contributed by atoms with Gasteiger partial charge in [0.2, 0.25) is 5.88 Å². The highest BCUT2D eigenvalue weighted by atomic mass is 16.5. The van der Waals surface area contributed by atoms with Gasteiger partial charge in [-0.3, -0.25) is 0 Å². The van der Waals surface area contributed by atoms with E-state index < -0.39 is 5.97 Å². The molecule has 17 heavy (non-hydrogen) atoms. The van der Waals surface area contributed by atoms with Gasteiger partial charge in [-0.15, -0.1) is 10.2 Å². The fourth-order valence-electron chi connectivity index (χ4n) is 1.70. The third-order valence-electron chi connectivity index (χ3n) is 2.63. The van der Waals surface area contributed by atoms with E-state index in [4.69, 9.17) is 4.74 Å². The lowest BCUT2D eigenvalue weighted by Gasteiger charge is -2.10. The molecule has 0 radical (unpaired) electrons. The second-order valence-electron chi connectivity index (χ2n) is 3.85. The second-order valence-corrected chi connectivity index (χ2v) is 3.85. The van der Waals surface area contributed by atoms with E-state index in [1.165, 1.54) is 19.6 Å². The van der Waals surface area contributed by atoms with Crippen LogP contribution in [-0.2, 0) is 4.74 Å². The summed E-state index contributed by atoms with van der Waals surface area (Å²) in [5, 5.41) is 10.9. The molecule has 1 unspecified atom stereocenters. The Hall–Kier alpha value is -1.69. The fraction of sp³-hybridized carbons (Fsp3) is 0.545. The molecule has 92 valence electrons. The molecule has 0 aromatic carbocycles. The second kappa shape index (κ2) is 5.58. The zero-order valence-electron chi connectivity index (χ0n) is 9.68. The quantitative estimate of drug-likeness (QED) is 0.764. The Bertz CT molecular complexity index is 374. The van der Waals surface area contributed by atoms with Gasteiger partial charge in [-0.1, -0.05) is 0 Å². The molecular weight excluding hydrogens is 222 g/mol. The molecule has 1 aromatic heterocycles. The summed E-state index contributed by atoms with van der Waals surface area (Å²) in [6, 6.07) is 3.54. The summed E-state index contributed by atoms with van der Waals surface area (Å²) >= 11 is 0. The van der Waals surface area contributed by atoms with Crippen LogP contribution in [0.4, 0.5) is 0 Å². The van der Waals surface area contributed by atoms with Gasteiger partial charge in [0, 0.05) is 12.1 Å². The Kier molecular flexibility index (Phi) is 3.87. The van der Waals surface area contributed by atoms with Crippen molar-refractivity contribution < 1.29 is 14.3 Å². The van der Waals surface area contributed by atoms with Gasteiger partial charge in [-0.25, -0.2) is 4.79 Å². The molecule has 0 spiro atoms. The van der Waals surface area contributed by atoms with Gasteiger partial charge in [0.05, 0.1) is 7.11 Å². The number of aromatic nitrogens is 2. The van der Waals surface area contributed by atoms with E-state index in [2.05, 4.69) is 20.3 Å². The van der Waals surface area contributed by atoms with Gasteiger partial charge in [-0.2, -0.15) is 0 Å². The molecule has 1 aromatic rings. The Balaban J connectivity index is 1.87. The molecule has 1 aliphatic heterocycles. The number of hydrogen-bond donors (Lipinski definition) is 1. The minimum Gasteiger partial charge on any atom is -0.475 e. The van der Waals surface area contributed by atoms with Crippen LogP contribution in [0.1, 0.15) is 23.3 Å². The normalized spacial score (nSPS) is 19.0. The van der Waals surface area contributed by atoms with Gasteiger partial charge in [0.1, 0.15) is 6.61 Å². The molecule has 1 aliphatic rings. The number of methoxy groups -OCH3 is 1. The third-order valence-corrected chi connectivity index (χ3v) is 2.63. The van der Waals surface area contributed by atoms with E-state index in [1.54, 1.807) is 6.07 Å². The molecule has 2 rings (SSSR count). The van der Waals surface area contributed by atoms with Crippen molar-refractivity contribution in [1.82, 2.24) is 15.5 Å². The van der Waals surface area contributed by atoms with Gasteiger partial charge >= 0.3 is 5.97 Å². The van der Waals surface area contributed by atoms with Crippen LogP contribution in [0.2, 0.25) is 0 Å².